The largest absolute Gasteiger partial charge is 0.300 e. The van der Waals surface area contributed by atoms with Crippen molar-refractivity contribution in [1.29, 1.82) is 0 Å². The number of hydrogen-bond acceptors (Lipinski definition) is 1. The molecule has 17 heavy (non-hydrogen) atoms. The predicted molar refractivity (Wildman–Crippen MR) is 71.2 cm³/mol. The summed E-state index contributed by atoms with van der Waals surface area (Å²) in [7, 11) is 0. The van der Waals surface area contributed by atoms with Crippen LogP contribution in [0.5, 0.6) is 0 Å². The van der Waals surface area contributed by atoms with Crippen LogP contribution in [0.4, 0.5) is 0 Å². The molecule has 3 aromatic rings. The zero-order valence-electron chi connectivity index (χ0n) is 10.2. The smallest absolute Gasteiger partial charge is 0.137 e. The Morgan fingerprint density at radius 3 is 2.88 bits per heavy atom. The number of benzene rings is 1. The molecular weight excluding hydrogens is 208 g/mol. The van der Waals surface area contributed by atoms with Gasteiger partial charge in [0.05, 0.1) is 5.52 Å². The molecule has 2 aromatic heterocycles. The summed E-state index contributed by atoms with van der Waals surface area (Å²) in [5.41, 5.74) is 3.69. The molecule has 2 nitrogen and oxygen atoms in total. The van der Waals surface area contributed by atoms with Gasteiger partial charge in [-0.05, 0) is 36.1 Å². The van der Waals surface area contributed by atoms with E-state index >= 15 is 0 Å². The maximum absolute atomic E-state index is 4.32. The molecule has 86 valence electrons. The highest BCUT2D eigenvalue weighted by Crippen LogP contribution is 2.22. The van der Waals surface area contributed by atoms with Gasteiger partial charge in [0.2, 0.25) is 0 Å². The van der Waals surface area contributed by atoms with Crippen molar-refractivity contribution >= 4 is 16.6 Å². The molecule has 0 amide bonds. The van der Waals surface area contributed by atoms with E-state index in [1.54, 1.807) is 0 Å². The van der Waals surface area contributed by atoms with Gasteiger partial charge in [-0.3, -0.25) is 4.40 Å². The van der Waals surface area contributed by atoms with Crippen LogP contribution < -0.4 is 0 Å². The topological polar surface area (TPSA) is 17.3 Å². The minimum absolute atomic E-state index is 0.680. The first-order valence-corrected chi connectivity index (χ1v) is 6.09. The summed E-state index contributed by atoms with van der Waals surface area (Å²) in [6.07, 6.45) is 5.00. The number of hydrogen-bond donors (Lipinski definition) is 0. The Morgan fingerprint density at radius 1 is 1.18 bits per heavy atom. The van der Waals surface area contributed by atoms with E-state index < -0.39 is 0 Å². The van der Waals surface area contributed by atoms with Crippen molar-refractivity contribution in [2.45, 2.75) is 20.3 Å². The first-order valence-electron chi connectivity index (χ1n) is 6.09. The summed E-state index contributed by atoms with van der Waals surface area (Å²) in [5.74, 6) is 0.680. The highest BCUT2D eigenvalue weighted by molar-refractivity contribution is 5.85. The van der Waals surface area contributed by atoms with Crippen LogP contribution in [0.25, 0.3) is 16.6 Å². The second-order valence-electron chi connectivity index (χ2n) is 4.94. The van der Waals surface area contributed by atoms with Crippen LogP contribution in [0.1, 0.15) is 19.4 Å². The van der Waals surface area contributed by atoms with Crippen molar-refractivity contribution in [2.75, 3.05) is 0 Å². The number of pyridine rings is 1. The van der Waals surface area contributed by atoms with Crippen LogP contribution in [0.3, 0.4) is 0 Å². The van der Waals surface area contributed by atoms with Crippen LogP contribution in [-0.2, 0) is 6.42 Å². The minimum atomic E-state index is 0.680. The lowest BCUT2D eigenvalue weighted by Crippen LogP contribution is -1.96. The normalized spacial score (nSPS) is 11.7. The van der Waals surface area contributed by atoms with E-state index in [-0.39, 0.29) is 0 Å². The van der Waals surface area contributed by atoms with Gasteiger partial charge in [-0.1, -0.05) is 26.0 Å². The van der Waals surface area contributed by atoms with Gasteiger partial charge >= 0.3 is 0 Å². The molecule has 0 fully saturated rings. The Morgan fingerprint density at radius 2 is 2.06 bits per heavy atom. The van der Waals surface area contributed by atoms with E-state index in [9.17, 15) is 0 Å². The highest BCUT2D eigenvalue weighted by atomic mass is 15.0. The summed E-state index contributed by atoms with van der Waals surface area (Å²) in [6.45, 7) is 4.52. The Balaban J connectivity index is 2.31. The second kappa shape index (κ2) is 3.88. The third-order valence-electron chi connectivity index (χ3n) is 3.13. The van der Waals surface area contributed by atoms with Crippen LogP contribution in [0, 0.1) is 5.92 Å². The van der Waals surface area contributed by atoms with Crippen LogP contribution in [-0.4, -0.2) is 9.38 Å². The van der Waals surface area contributed by atoms with Gasteiger partial charge in [0.25, 0.3) is 0 Å². The Hall–Kier alpha value is -1.83. The summed E-state index contributed by atoms with van der Waals surface area (Å²) in [6, 6.07) is 10.8. The lowest BCUT2D eigenvalue weighted by Gasteiger charge is -2.10. The summed E-state index contributed by atoms with van der Waals surface area (Å²) < 4.78 is 2.15. The number of fused-ring (bicyclic) bond motifs is 3. The average molecular weight is 224 g/mol. The third-order valence-corrected chi connectivity index (χ3v) is 3.13. The molecule has 0 N–H and O–H groups in total. The predicted octanol–water partition coefficient (Wildman–Crippen LogP) is 3.69. The van der Waals surface area contributed by atoms with Gasteiger partial charge < -0.3 is 0 Å². The molecule has 0 unspecified atom stereocenters. The van der Waals surface area contributed by atoms with Crippen molar-refractivity contribution in [3.05, 3.63) is 48.3 Å². The average Bonchev–Trinajstić information content (AvgIpc) is 2.76. The molecule has 0 saturated heterocycles. The fraction of sp³-hybridized carbons (Fsp3) is 0.267. The molecule has 0 radical (unpaired) electrons. The molecule has 0 aliphatic carbocycles. The summed E-state index contributed by atoms with van der Waals surface area (Å²) in [5, 5.41) is 1.34. The van der Waals surface area contributed by atoms with Crippen LogP contribution >= 0.6 is 0 Å². The quantitative estimate of drug-likeness (QED) is 0.649. The Labute approximate surface area is 101 Å². The first-order chi connectivity index (χ1) is 8.25. The maximum atomic E-state index is 4.32. The zero-order valence-corrected chi connectivity index (χ0v) is 10.2. The second-order valence-corrected chi connectivity index (χ2v) is 4.94. The number of aromatic nitrogens is 2. The molecule has 1 aromatic carbocycles. The van der Waals surface area contributed by atoms with Gasteiger partial charge in [0.1, 0.15) is 5.65 Å². The van der Waals surface area contributed by atoms with E-state index in [4.69, 9.17) is 0 Å². The number of imidazole rings is 1. The lowest BCUT2D eigenvalue weighted by atomic mass is 9.99. The minimum Gasteiger partial charge on any atom is -0.300 e. The fourth-order valence-corrected chi connectivity index (χ4v) is 2.42. The molecule has 0 aliphatic rings. The van der Waals surface area contributed by atoms with Crippen LogP contribution in [0.2, 0.25) is 0 Å². The summed E-state index contributed by atoms with van der Waals surface area (Å²) in [4.78, 5) is 4.32. The number of nitrogens with zero attached hydrogens (tertiary/aromatic N) is 2. The van der Waals surface area contributed by atoms with E-state index in [0.29, 0.717) is 5.92 Å². The molecule has 0 saturated carbocycles. The zero-order chi connectivity index (χ0) is 11.8. The lowest BCUT2D eigenvalue weighted by molar-refractivity contribution is 0.650. The van der Waals surface area contributed by atoms with Gasteiger partial charge in [0, 0.05) is 17.8 Å². The van der Waals surface area contributed by atoms with E-state index in [0.717, 1.165) is 12.1 Å². The van der Waals surface area contributed by atoms with E-state index in [1.165, 1.54) is 16.5 Å². The standard InChI is InChI=1S/C15H16N2/c1-11(2)10-12-4-3-5-14-13(12)6-7-15-16-8-9-17(14)15/h3-9,11H,10H2,1-2H3. The Bertz CT molecular complexity index is 665. The molecule has 2 heteroatoms. The molecule has 0 aliphatic heterocycles. The van der Waals surface area contributed by atoms with Crippen molar-refractivity contribution in [2.24, 2.45) is 5.92 Å². The monoisotopic (exact) mass is 224 g/mol. The van der Waals surface area contributed by atoms with Crippen LogP contribution in [0.15, 0.2) is 42.7 Å². The van der Waals surface area contributed by atoms with Crippen molar-refractivity contribution in [3.63, 3.8) is 0 Å². The SMILES string of the molecule is CC(C)Cc1cccc2c1ccc1nccn12. The van der Waals surface area contributed by atoms with Gasteiger partial charge in [0.15, 0.2) is 0 Å². The van der Waals surface area contributed by atoms with E-state index in [2.05, 4.69) is 53.6 Å². The first kappa shape index (κ1) is 10.3. The van der Waals surface area contributed by atoms with Gasteiger partial charge in [-0.2, -0.15) is 0 Å². The van der Waals surface area contributed by atoms with E-state index in [1.807, 2.05) is 12.4 Å². The molecule has 0 bridgehead atoms. The summed E-state index contributed by atoms with van der Waals surface area (Å²) >= 11 is 0. The third kappa shape index (κ3) is 1.70. The molecule has 3 rings (SSSR count). The van der Waals surface area contributed by atoms with Gasteiger partial charge in [-0.15, -0.1) is 0 Å². The highest BCUT2D eigenvalue weighted by Gasteiger charge is 2.06. The molecule has 2 heterocycles. The number of rotatable bonds is 2. The van der Waals surface area contributed by atoms with Crippen molar-refractivity contribution < 1.29 is 0 Å². The van der Waals surface area contributed by atoms with Crippen molar-refractivity contribution in [1.82, 2.24) is 9.38 Å². The fourth-order valence-electron chi connectivity index (χ4n) is 2.42. The van der Waals surface area contributed by atoms with Gasteiger partial charge in [-0.25, -0.2) is 4.98 Å². The molecular formula is C15H16N2. The maximum Gasteiger partial charge on any atom is 0.137 e. The Kier molecular flexibility index (Phi) is 2.36. The molecule has 0 spiro atoms. The van der Waals surface area contributed by atoms with Crippen molar-refractivity contribution in [3.8, 4) is 0 Å². The molecule has 0 atom stereocenters.